The van der Waals surface area contributed by atoms with Crippen LogP contribution in [0.4, 0.5) is 4.79 Å². The van der Waals surface area contributed by atoms with Crippen LogP contribution in [-0.4, -0.2) is 49.3 Å². The van der Waals surface area contributed by atoms with Crippen LogP contribution in [0.3, 0.4) is 0 Å². The number of nitrogens with one attached hydrogen (secondary N) is 1. The van der Waals surface area contributed by atoms with E-state index in [0.717, 1.165) is 43.4 Å². The van der Waals surface area contributed by atoms with Gasteiger partial charge in [0.25, 0.3) is 11.3 Å². The molecule has 2 aromatic heterocycles. The van der Waals surface area contributed by atoms with E-state index < -0.39 is 5.60 Å². The molecule has 1 amide bonds. The molecule has 146 valence electrons. The number of amides is 1. The van der Waals surface area contributed by atoms with E-state index in [-0.39, 0.29) is 17.1 Å². The minimum atomic E-state index is -0.511. The topological polar surface area (TPSA) is 92.6 Å². The molecule has 0 bridgehead atoms. The Morgan fingerprint density at radius 1 is 1.22 bits per heavy atom. The summed E-state index contributed by atoms with van der Waals surface area (Å²) in [6, 6.07) is 0. The number of aryl methyl sites for hydroxylation is 1. The van der Waals surface area contributed by atoms with E-state index in [4.69, 9.17) is 4.74 Å². The van der Waals surface area contributed by atoms with Gasteiger partial charge in [0.05, 0.1) is 5.69 Å². The Kier molecular flexibility index (Phi) is 4.32. The van der Waals surface area contributed by atoms with Crippen molar-refractivity contribution in [3.63, 3.8) is 0 Å². The van der Waals surface area contributed by atoms with Crippen molar-refractivity contribution < 1.29 is 9.53 Å². The summed E-state index contributed by atoms with van der Waals surface area (Å²) >= 11 is 3.27. The number of fused-ring (bicyclic) bond motifs is 3. The normalized spacial score (nSPS) is 22.9. The van der Waals surface area contributed by atoms with Crippen molar-refractivity contribution in [3.05, 3.63) is 26.3 Å². The first-order valence-corrected chi connectivity index (χ1v) is 10.1. The van der Waals surface area contributed by atoms with E-state index >= 15 is 0 Å². The number of halogens is 1. The number of ether oxygens (including phenoxy) is 1. The number of aromatic amines is 1. The number of H-pyrrole nitrogens is 1. The first-order valence-electron chi connectivity index (χ1n) is 9.34. The molecule has 1 spiro atoms. The minimum absolute atomic E-state index is 0.0728. The third-order valence-corrected chi connectivity index (χ3v) is 5.86. The highest BCUT2D eigenvalue weighted by Crippen LogP contribution is 2.44. The van der Waals surface area contributed by atoms with Crippen LogP contribution >= 0.6 is 15.9 Å². The molecule has 3 heterocycles. The standard InChI is InChI=1S/C18H24BrN5O3/c1-17(2,3)27-16(26)23-9-4-6-18(8-10-23)7-5-11-12(18)13(25)24-15(20-11)21-14(19)22-24/h4-10H2,1-3H3,(H,20,21,22). The van der Waals surface area contributed by atoms with Gasteiger partial charge in [0.15, 0.2) is 4.73 Å². The Labute approximate surface area is 165 Å². The molecule has 9 heteroatoms. The Balaban J connectivity index is 1.64. The predicted molar refractivity (Wildman–Crippen MR) is 103 cm³/mol. The van der Waals surface area contributed by atoms with Crippen molar-refractivity contribution >= 4 is 27.8 Å². The highest BCUT2D eigenvalue weighted by atomic mass is 79.9. The first-order chi connectivity index (χ1) is 12.7. The summed E-state index contributed by atoms with van der Waals surface area (Å²) in [6.07, 6.45) is 3.85. The van der Waals surface area contributed by atoms with Gasteiger partial charge >= 0.3 is 6.09 Å². The molecular weight excluding hydrogens is 414 g/mol. The molecule has 8 nitrogen and oxygen atoms in total. The molecule has 1 N–H and O–H groups in total. The van der Waals surface area contributed by atoms with Crippen LogP contribution in [0.15, 0.2) is 9.53 Å². The molecule has 0 aromatic carbocycles. The van der Waals surface area contributed by atoms with Gasteiger partial charge in [-0.2, -0.15) is 9.50 Å². The number of aromatic nitrogens is 4. The molecular formula is C18H24BrN5O3. The zero-order valence-electron chi connectivity index (χ0n) is 15.8. The monoisotopic (exact) mass is 437 g/mol. The average molecular weight is 438 g/mol. The minimum Gasteiger partial charge on any atom is -0.444 e. The summed E-state index contributed by atoms with van der Waals surface area (Å²) in [4.78, 5) is 36.2. The lowest BCUT2D eigenvalue weighted by molar-refractivity contribution is 0.0254. The Bertz CT molecular complexity index is 960. The Morgan fingerprint density at radius 2 is 2.00 bits per heavy atom. The van der Waals surface area contributed by atoms with Crippen molar-refractivity contribution in [2.75, 3.05) is 13.1 Å². The van der Waals surface area contributed by atoms with Crippen LogP contribution in [0.1, 0.15) is 57.7 Å². The number of hydrogen-bond donors (Lipinski definition) is 1. The van der Waals surface area contributed by atoms with E-state index in [0.29, 0.717) is 23.6 Å². The summed E-state index contributed by atoms with van der Waals surface area (Å²) in [5.74, 6) is 0.395. The number of nitrogens with zero attached hydrogens (tertiary/aromatic N) is 4. The van der Waals surface area contributed by atoms with Crippen LogP contribution in [0, 0.1) is 0 Å². The highest BCUT2D eigenvalue weighted by molar-refractivity contribution is 9.10. The lowest BCUT2D eigenvalue weighted by atomic mass is 9.76. The van der Waals surface area contributed by atoms with Crippen molar-refractivity contribution in [1.82, 2.24) is 24.5 Å². The zero-order chi connectivity index (χ0) is 19.4. The maximum atomic E-state index is 13.1. The maximum Gasteiger partial charge on any atom is 0.410 e. The number of carbonyl (C=O) groups excluding carboxylic acids is 1. The van der Waals surface area contributed by atoms with Gasteiger partial charge in [-0.25, -0.2) is 9.78 Å². The largest absolute Gasteiger partial charge is 0.444 e. The van der Waals surface area contributed by atoms with Gasteiger partial charge in [0.2, 0.25) is 0 Å². The van der Waals surface area contributed by atoms with Crippen molar-refractivity contribution in [3.8, 4) is 0 Å². The van der Waals surface area contributed by atoms with Gasteiger partial charge < -0.3 is 9.64 Å². The molecule has 1 saturated heterocycles. The summed E-state index contributed by atoms with van der Waals surface area (Å²) in [6.45, 7) is 6.86. The fourth-order valence-corrected chi connectivity index (χ4v) is 4.67. The third kappa shape index (κ3) is 3.26. The van der Waals surface area contributed by atoms with Crippen LogP contribution in [0.5, 0.6) is 0 Å². The molecule has 1 atom stereocenters. The van der Waals surface area contributed by atoms with E-state index in [1.807, 2.05) is 20.8 Å². The molecule has 0 radical (unpaired) electrons. The van der Waals surface area contributed by atoms with Gasteiger partial charge in [-0.15, -0.1) is 0 Å². The lowest BCUT2D eigenvalue weighted by Crippen LogP contribution is -2.38. The quantitative estimate of drug-likeness (QED) is 0.683. The predicted octanol–water partition coefficient (Wildman–Crippen LogP) is 2.79. The number of hydrogen-bond acceptors (Lipinski definition) is 5. The molecule has 1 unspecified atom stereocenters. The smallest absolute Gasteiger partial charge is 0.410 e. The van der Waals surface area contributed by atoms with Gasteiger partial charge in [-0.3, -0.25) is 9.89 Å². The molecule has 1 aliphatic carbocycles. The molecule has 0 saturated carbocycles. The van der Waals surface area contributed by atoms with Crippen LogP contribution < -0.4 is 5.56 Å². The first kappa shape index (κ1) is 18.5. The van der Waals surface area contributed by atoms with E-state index in [1.165, 1.54) is 4.52 Å². The number of carbonyl (C=O) groups is 1. The van der Waals surface area contributed by atoms with Gasteiger partial charge in [0, 0.05) is 24.1 Å². The van der Waals surface area contributed by atoms with E-state index in [1.54, 1.807) is 4.90 Å². The second-order valence-electron chi connectivity index (χ2n) is 8.49. The summed E-state index contributed by atoms with van der Waals surface area (Å²) in [5, 5.41) is 2.91. The van der Waals surface area contributed by atoms with Crippen molar-refractivity contribution in [1.29, 1.82) is 0 Å². The van der Waals surface area contributed by atoms with Gasteiger partial charge in [-0.05, 0) is 68.8 Å². The van der Waals surface area contributed by atoms with E-state index in [2.05, 4.69) is 31.0 Å². The molecule has 1 fully saturated rings. The van der Waals surface area contributed by atoms with Crippen molar-refractivity contribution in [2.45, 2.75) is 63.9 Å². The molecule has 1 aliphatic heterocycles. The van der Waals surface area contributed by atoms with Gasteiger partial charge in [0.1, 0.15) is 5.60 Å². The molecule has 4 rings (SSSR count). The second kappa shape index (κ2) is 6.32. The molecule has 2 aromatic rings. The Morgan fingerprint density at radius 3 is 2.74 bits per heavy atom. The summed E-state index contributed by atoms with van der Waals surface area (Å²) < 4.78 is 7.42. The second-order valence-corrected chi connectivity index (χ2v) is 9.24. The van der Waals surface area contributed by atoms with Crippen LogP contribution in [-0.2, 0) is 16.6 Å². The van der Waals surface area contributed by atoms with Crippen LogP contribution in [0.2, 0.25) is 0 Å². The fraction of sp³-hybridized carbons (Fsp3) is 0.667. The molecule has 27 heavy (non-hydrogen) atoms. The highest BCUT2D eigenvalue weighted by Gasteiger charge is 2.44. The Hall–Kier alpha value is -1.90. The summed E-state index contributed by atoms with van der Waals surface area (Å²) in [7, 11) is 0. The number of rotatable bonds is 0. The van der Waals surface area contributed by atoms with Crippen molar-refractivity contribution in [2.24, 2.45) is 0 Å². The molecule has 2 aliphatic rings. The van der Waals surface area contributed by atoms with E-state index in [9.17, 15) is 9.59 Å². The lowest BCUT2D eigenvalue weighted by Gasteiger charge is -2.29. The average Bonchev–Trinajstić information content (AvgIpc) is 3.01. The fourth-order valence-electron chi connectivity index (χ4n) is 4.33. The number of likely N-dealkylation sites (tertiary alicyclic amines) is 1. The zero-order valence-corrected chi connectivity index (χ0v) is 17.4. The third-order valence-electron chi connectivity index (χ3n) is 5.51. The van der Waals surface area contributed by atoms with Crippen LogP contribution in [0.25, 0.3) is 5.78 Å². The summed E-state index contributed by atoms with van der Waals surface area (Å²) in [5.41, 5.74) is 0.835. The van der Waals surface area contributed by atoms with Gasteiger partial charge in [-0.1, -0.05) is 0 Å². The maximum absolute atomic E-state index is 13.1. The SMILES string of the molecule is CC(C)(C)OC(=O)N1CCCC2(CCc3nc4nc(Br)[nH]n4c(=O)c32)CC1.